The summed E-state index contributed by atoms with van der Waals surface area (Å²) in [5.74, 6) is -4.94. The number of carboxylic acids is 2. The molecule has 5 aromatic heterocycles. The average Bonchev–Trinajstić information content (AvgIpc) is 1.60. The van der Waals surface area contributed by atoms with E-state index in [1.54, 1.807) is 71.9 Å². The summed E-state index contributed by atoms with van der Waals surface area (Å²) in [5.41, 5.74) is 20.0. The van der Waals surface area contributed by atoms with Gasteiger partial charge >= 0.3 is 239 Å². The number of esters is 3. The van der Waals surface area contributed by atoms with Crippen molar-refractivity contribution in [3.05, 3.63) is 141 Å². The summed E-state index contributed by atoms with van der Waals surface area (Å²) >= 11 is 37.3. The fraction of sp³-hybridized carbons (Fsp3) is 0.227. The van der Waals surface area contributed by atoms with Crippen LogP contribution in [-0.2, 0) is 14.2 Å². The van der Waals surface area contributed by atoms with E-state index >= 15 is 0 Å². The number of rotatable bonds is 24. The number of amides is 1. The van der Waals surface area contributed by atoms with E-state index in [4.69, 9.17) is 50.7 Å². The number of thiophene rings is 3. The third-order valence-corrected chi connectivity index (χ3v) is 928. The summed E-state index contributed by atoms with van der Waals surface area (Å²) in [6.45, 7) is 11.7. The number of carboxylic acid groups (broad SMARTS) is 2. The minimum atomic E-state index is -1.15. The molecule has 0 atom stereocenters. The van der Waals surface area contributed by atoms with Crippen LogP contribution in [0.3, 0.4) is 0 Å². The number of aromatic carboxylic acids is 2. The Morgan fingerprint density at radius 2 is 0.875 bits per heavy atom. The summed E-state index contributed by atoms with van der Waals surface area (Å²) in [4.78, 5) is 98.4. The number of nitrogens with zero attached hydrogens (tertiary/aromatic N) is 2. The molecule has 0 unspecified atom stereocenters. The molecule has 0 aliphatic carbocycles. The van der Waals surface area contributed by atoms with Gasteiger partial charge in [0.15, 0.2) is 23.5 Å². The fourth-order valence-electron chi connectivity index (χ4n) is 9.52. The Labute approximate surface area is 787 Å². The quantitative estimate of drug-likeness (QED) is 0.00971. The number of imidazole rings is 2. The second-order valence-electron chi connectivity index (χ2n) is 20.0. The number of nitrogens with one attached hydrogen (secondary N) is 2. The second kappa shape index (κ2) is 50.7. The molecule has 0 saturated heterocycles. The number of aldehydes is 1. The first-order valence-electron chi connectivity index (χ1n) is 30.0. The molecule has 10 N–H and O–H groups in total. The monoisotopic (exact) mass is 3490 g/mol. The van der Waals surface area contributed by atoms with E-state index in [9.17, 15) is 51.8 Å². The minimum absolute atomic E-state index is 0. The predicted molar refractivity (Wildman–Crippen MR) is 580 cm³/mol. The van der Waals surface area contributed by atoms with E-state index < -0.39 is 61.1 Å². The third kappa shape index (κ3) is 26.0. The van der Waals surface area contributed by atoms with Crippen molar-refractivity contribution in [2.24, 2.45) is 5.73 Å². The number of hydrogen-bond acceptors (Lipinski definition) is 20. The Morgan fingerprint density at radius 3 is 1.26 bits per heavy atom. The maximum atomic E-state index is 14.6. The van der Waals surface area contributed by atoms with Crippen LogP contribution >= 0.6 is 278 Å². The molecular weight excluding hydrogens is 3430 g/mol. The maximum absolute atomic E-state index is 14.6. The van der Waals surface area contributed by atoms with Crippen LogP contribution in [0.1, 0.15) is 134 Å². The molecule has 0 aliphatic rings. The molecule has 1 amide bonds. The number of nitrogen functional groups attached to an aromatic ring is 2. The van der Waals surface area contributed by atoms with Gasteiger partial charge in [-0.2, -0.15) is 0 Å². The summed E-state index contributed by atoms with van der Waals surface area (Å²) in [6, 6.07) is 17.6. The van der Waals surface area contributed by atoms with E-state index in [0.29, 0.717) is 112 Å². The molecule has 0 saturated carbocycles. The number of hydrogen-bond donors (Lipinski definition) is 7. The second-order valence-corrected chi connectivity index (χ2v) is 334. The van der Waals surface area contributed by atoms with Gasteiger partial charge in [-0.1, -0.05) is 70.1 Å². The molecule has 0 aliphatic heterocycles. The van der Waals surface area contributed by atoms with Gasteiger partial charge in [-0.15, -0.1) is 34.0 Å². The van der Waals surface area contributed by atoms with Gasteiger partial charge in [0.25, 0.3) is 5.91 Å². The van der Waals surface area contributed by atoms with Crippen molar-refractivity contribution in [3.8, 4) is 40.0 Å². The first-order valence-corrected chi connectivity index (χ1v) is 123. The van der Waals surface area contributed by atoms with Gasteiger partial charge in [0.1, 0.15) is 65.9 Å². The molecule has 0 spiro atoms. The van der Waals surface area contributed by atoms with Crippen LogP contribution in [0, 0.1) is 17.5 Å². The predicted octanol–water partition coefficient (Wildman–Crippen LogP) is 26.7. The van der Waals surface area contributed by atoms with Crippen molar-refractivity contribution < 1.29 is 98.6 Å². The molecule has 6 aromatic carbocycles. The van der Waals surface area contributed by atoms with Crippen molar-refractivity contribution in [2.75, 3.05) is 51.1 Å². The number of anilines is 2. The Balaban J connectivity index is 0.000000306. The van der Waals surface area contributed by atoms with Gasteiger partial charge in [0.2, 0.25) is 0 Å². The standard InChI is InChI=1S/C21H17BrFN3O4S.C21H16BrFN2O5S.C12H8BrFO3S.C9H12N2O3.3CH4.I15/c1-3-29-16-9(19(24)27)5-8-12-15(16)26-20(25-12)14-13-10(22)6-7-11(23)17(13)31-18(14)21(28)30-4-2;1-3-29-16-9(20(26)27)5-8-12-15(16)25-19(24-12)14-13-10(22)6-7-11(23)17(13)31-18(14)21(28)30-4-2;1-2-17-12(16)10-6(5-15)9-7(13)3-4-8(14)11(9)18-10;1-2-14-8-5(9(12)13)3-4-6(10)7(8)11;;;;1-9-11(4)13(6)15(8)14(7)12(5)10(2)3/h5-8H,3-4H2,1-2H3,(H2,24,27)(H,25,26);5-8H,3-4H2,1-2H3,(H,24,25)(H,26,27);3-5H,2H2,1H3;3-4H,2,10-11H2,1H3,(H,12,13);3*1H4;/q;;;;;;;-1. The molecule has 11 rings (SSSR count). The molecule has 0 fully saturated rings. The van der Waals surface area contributed by atoms with E-state index in [1.807, 2.05) is 0 Å². The van der Waals surface area contributed by atoms with Gasteiger partial charge in [-0.3, -0.25) is 9.59 Å². The number of benzene rings is 6. The molecule has 22 nitrogen and oxygen atoms in total. The SMILES string of the molecule is C.C.C.CCOC(=O)c1sc2c(F)ccc(Br)c2c1-c1nc2c(OCC)c(C(=O)O)ccc2[nH]1.CCOC(=O)c1sc2c(F)ccc(Br)c2c1-c1nc2c(OCC)c(C(N)=O)ccc2[nH]1.CCOC(=O)c1sc2c(F)ccc(Br)c2c1C=O.CCOc1c(C(=O)O)ccc(N)c1N.I[I-]I(I)I(I)I(I)I(I)I(I)I(I)I. The number of aromatic nitrogens is 4. The van der Waals surface area contributed by atoms with Crippen molar-refractivity contribution in [1.29, 1.82) is 0 Å². The normalized spacial score (nSPS) is 11.4. The van der Waals surface area contributed by atoms with Crippen LogP contribution in [0.2, 0.25) is 0 Å². The Morgan fingerprint density at radius 1 is 0.518 bits per heavy atom. The van der Waals surface area contributed by atoms with E-state index in [2.05, 4.69) is 217 Å². The van der Waals surface area contributed by atoms with E-state index in [0.717, 1.165) is 34.0 Å². The molecule has 0 radical (unpaired) electrons. The molecule has 5 heterocycles. The van der Waals surface area contributed by atoms with Crippen molar-refractivity contribution >= 4 is 384 Å². The molecule has 112 heavy (non-hydrogen) atoms. The van der Waals surface area contributed by atoms with Crippen LogP contribution < -0.4 is 44.7 Å². The van der Waals surface area contributed by atoms with Gasteiger partial charge < -0.3 is 65.8 Å². The van der Waals surface area contributed by atoms with Gasteiger partial charge in [-0.05, 0) is 114 Å². The summed E-state index contributed by atoms with van der Waals surface area (Å²) in [6.07, 6.45) is 0.551. The zero-order valence-corrected chi connectivity index (χ0v) is 95.3. The number of halogens is 21. The number of primary amides is 1. The number of aromatic amines is 2. The Kier molecular flexibility index (Phi) is 48.0. The number of fused-ring (bicyclic) bond motifs is 5. The van der Waals surface area contributed by atoms with Crippen molar-refractivity contribution in [3.63, 3.8) is 0 Å². The number of ether oxygens (including phenoxy) is 6. The summed E-state index contributed by atoms with van der Waals surface area (Å²) < 4.78 is 77.0. The zero-order chi connectivity index (χ0) is 80.7. The number of carbonyl (C=O) groups excluding carboxylic acids is 5. The summed E-state index contributed by atoms with van der Waals surface area (Å²) in [7, 11) is -2.01. The summed E-state index contributed by atoms with van der Waals surface area (Å²) in [5, 5.41) is 19.7. The zero-order valence-electron chi connectivity index (χ0n) is 55.7. The van der Waals surface area contributed by atoms with Gasteiger partial charge in [-0.25, -0.2) is 47.1 Å². The van der Waals surface area contributed by atoms with Crippen LogP contribution in [0.25, 0.3) is 75.1 Å². The van der Waals surface area contributed by atoms with Crippen LogP contribution in [0.15, 0.2) is 86.2 Å². The molecule has 11 aromatic rings. The van der Waals surface area contributed by atoms with Gasteiger partial charge in [0.05, 0.1) is 92.8 Å². The average molecular weight is 3490 g/mol. The van der Waals surface area contributed by atoms with Crippen LogP contribution in [0.5, 0.6) is 17.2 Å². The molecule has 0 bridgehead atoms. The van der Waals surface area contributed by atoms with Crippen molar-refractivity contribution in [2.45, 2.75) is 63.8 Å². The molecule has 46 heteroatoms. The first kappa shape index (κ1) is 106. The molecule has 620 valence electrons. The topological polar surface area (TPSA) is 351 Å². The van der Waals surface area contributed by atoms with E-state index in [1.165, 1.54) is 42.5 Å². The van der Waals surface area contributed by atoms with Gasteiger partial charge in [0, 0.05) is 35.1 Å². The number of carbonyl (C=O) groups is 7. The van der Waals surface area contributed by atoms with Crippen LogP contribution in [0.4, 0.5) is 24.5 Å². The Hall–Kier alpha value is 1.81. The third-order valence-electron chi connectivity index (χ3n) is 13.7. The van der Waals surface area contributed by atoms with Crippen LogP contribution in [-0.4, -0.2) is 112 Å². The molecular formula is C66H65Br3F3I15N7O15S3-. The van der Waals surface area contributed by atoms with E-state index in [-0.39, 0.29) is 163 Å². The number of nitrogens with two attached hydrogens (primary N) is 3. The fourth-order valence-corrected chi connectivity index (χ4v) is 1900. The Bertz CT molecular complexity index is 5050. The number of H-pyrrole nitrogens is 2. The first-order chi connectivity index (χ1) is 51.7. The van der Waals surface area contributed by atoms with Crippen molar-refractivity contribution in [1.82, 2.24) is 19.9 Å².